The third kappa shape index (κ3) is 7.24. The maximum atomic E-state index is 12.0. The van der Waals surface area contributed by atoms with E-state index in [9.17, 15) is 13.2 Å². The van der Waals surface area contributed by atoms with E-state index in [4.69, 9.17) is 5.11 Å². The Morgan fingerprint density at radius 1 is 1.24 bits per heavy atom. The van der Waals surface area contributed by atoms with E-state index in [2.05, 4.69) is 46.0 Å². The van der Waals surface area contributed by atoms with Crippen LogP contribution in [0.3, 0.4) is 0 Å². The quantitative estimate of drug-likeness (QED) is 0.274. The number of anilines is 3. The van der Waals surface area contributed by atoms with Gasteiger partial charge in [0, 0.05) is 31.4 Å². The number of halogens is 1. The SMILES string of the molecule is COC(=O)CCCNc1nc(Nc2ccc(S(=O)(=O)NCCO)cc2)ncc1Br. The van der Waals surface area contributed by atoms with Crippen molar-refractivity contribution in [1.29, 1.82) is 0 Å². The number of benzene rings is 1. The fourth-order valence-electron chi connectivity index (χ4n) is 2.20. The molecule has 0 atom stereocenters. The molecule has 0 unspecified atom stereocenters. The summed E-state index contributed by atoms with van der Waals surface area (Å²) >= 11 is 3.36. The zero-order valence-electron chi connectivity index (χ0n) is 15.7. The fraction of sp³-hybridized carbons (Fsp3) is 0.353. The number of hydrogen-bond donors (Lipinski definition) is 4. The summed E-state index contributed by atoms with van der Waals surface area (Å²) in [5.41, 5.74) is 0.602. The van der Waals surface area contributed by atoms with Crippen LogP contribution in [0.15, 0.2) is 39.8 Å². The van der Waals surface area contributed by atoms with E-state index >= 15 is 0 Å². The summed E-state index contributed by atoms with van der Waals surface area (Å²) in [5, 5.41) is 14.9. The van der Waals surface area contributed by atoms with Gasteiger partial charge in [-0.3, -0.25) is 4.79 Å². The van der Waals surface area contributed by atoms with Gasteiger partial charge in [0.2, 0.25) is 16.0 Å². The number of methoxy groups -OCH3 is 1. The third-order valence-corrected chi connectivity index (χ3v) is 5.70. The van der Waals surface area contributed by atoms with E-state index in [1.54, 1.807) is 18.3 Å². The summed E-state index contributed by atoms with van der Waals surface area (Å²) in [6, 6.07) is 6.05. The van der Waals surface area contributed by atoms with Crippen molar-refractivity contribution in [1.82, 2.24) is 14.7 Å². The lowest BCUT2D eigenvalue weighted by atomic mass is 10.3. The van der Waals surface area contributed by atoms with E-state index in [0.29, 0.717) is 41.3 Å². The summed E-state index contributed by atoms with van der Waals surface area (Å²) in [6.45, 7) is 0.195. The zero-order valence-corrected chi connectivity index (χ0v) is 18.1. The molecule has 0 spiro atoms. The minimum atomic E-state index is -3.66. The van der Waals surface area contributed by atoms with E-state index in [-0.39, 0.29) is 24.0 Å². The Balaban J connectivity index is 2.00. The predicted molar refractivity (Wildman–Crippen MR) is 111 cm³/mol. The Morgan fingerprint density at radius 2 is 1.97 bits per heavy atom. The molecular formula is C17H22BrN5O5S. The molecule has 0 bridgehead atoms. The van der Waals surface area contributed by atoms with Crippen LogP contribution in [0.4, 0.5) is 17.5 Å². The number of esters is 1. The monoisotopic (exact) mass is 487 g/mol. The summed E-state index contributed by atoms with van der Waals surface area (Å²) in [7, 11) is -2.31. The second-order valence-electron chi connectivity index (χ2n) is 5.77. The van der Waals surface area contributed by atoms with Crippen molar-refractivity contribution in [2.24, 2.45) is 0 Å². The summed E-state index contributed by atoms with van der Waals surface area (Å²) in [6.07, 6.45) is 2.47. The molecule has 0 amide bonds. The molecule has 158 valence electrons. The molecule has 2 aromatic rings. The van der Waals surface area contributed by atoms with Gasteiger partial charge in [0.15, 0.2) is 0 Å². The molecule has 10 nitrogen and oxygen atoms in total. The summed E-state index contributed by atoms with van der Waals surface area (Å²) in [4.78, 5) is 19.8. The highest BCUT2D eigenvalue weighted by Crippen LogP contribution is 2.22. The van der Waals surface area contributed by atoms with Crippen LogP contribution in [0.2, 0.25) is 0 Å². The normalized spacial score (nSPS) is 11.1. The average Bonchev–Trinajstić information content (AvgIpc) is 2.72. The number of hydrogen-bond acceptors (Lipinski definition) is 9. The minimum absolute atomic E-state index is 0.0511. The summed E-state index contributed by atoms with van der Waals surface area (Å²) in [5.74, 6) is 0.602. The molecule has 4 N–H and O–H groups in total. The van der Waals surface area contributed by atoms with Crippen LogP contribution in [0.1, 0.15) is 12.8 Å². The Hall–Kier alpha value is -2.28. The molecule has 0 aliphatic carbocycles. The first-order valence-electron chi connectivity index (χ1n) is 8.66. The molecule has 0 radical (unpaired) electrons. The largest absolute Gasteiger partial charge is 0.469 e. The predicted octanol–water partition coefficient (Wildman–Crippen LogP) is 1.62. The van der Waals surface area contributed by atoms with Crippen LogP contribution in [0, 0.1) is 0 Å². The lowest BCUT2D eigenvalue weighted by molar-refractivity contribution is -0.140. The number of rotatable bonds is 11. The van der Waals surface area contributed by atoms with Gasteiger partial charge >= 0.3 is 5.97 Å². The lowest BCUT2D eigenvalue weighted by Crippen LogP contribution is -2.26. The number of sulfonamides is 1. The van der Waals surface area contributed by atoms with Crippen LogP contribution < -0.4 is 15.4 Å². The number of aliphatic hydroxyl groups excluding tert-OH is 1. The number of nitrogens with one attached hydrogen (secondary N) is 3. The minimum Gasteiger partial charge on any atom is -0.469 e. The van der Waals surface area contributed by atoms with Gasteiger partial charge in [-0.2, -0.15) is 4.98 Å². The van der Waals surface area contributed by atoms with Gasteiger partial charge in [-0.1, -0.05) is 0 Å². The Morgan fingerprint density at radius 3 is 2.62 bits per heavy atom. The highest BCUT2D eigenvalue weighted by Gasteiger charge is 2.13. The molecule has 2 rings (SSSR count). The van der Waals surface area contributed by atoms with Gasteiger partial charge in [-0.05, 0) is 46.6 Å². The van der Waals surface area contributed by atoms with Crippen molar-refractivity contribution in [2.75, 3.05) is 37.4 Å². The van der Waals surface area contributed by atoms with Crippen LogP contribution >= 0.6 is 15.9 Å². The molecule has 0 aliphatic heterocycles. The number of ether oxygens (including phenoxy) is 1. The van der Waals surface area contributed by atoms with E-state index < -0.39 is 10.0 Å². The van der Waals surface area contributed by atoms with Gasteiger partial charge in [-0.25, -0.2) is 18.1 Å². The van der Waals surface area contributed by atoms with Gasteiger partial charge in [0.1, 0.15) is 5.82 Å². The average molecular weight is 488 g/mol. The number of aromatic nitrogens is 2. The lowest BCUT2D eigenvalue weighted by Gasteiger charge is -2.11. The van der Waals surface area contributed by atoms with Crippen LogP contribution in [0.25, 0.3) is 0 Å². The van der Waals surface area contributed by atoms with Crippen molar-refractivity contribution < 1.29 is 23.1 Å². The molecule has 12 heteroatoms. The molecule has 1 aromatic carbocycles. The summed E-state index contributed by atoms with van der Waals surface area (Å²) < 4.78 is 31.6. The molecule has 0 saturated carbocycles. The second kappa shape index (κ2) is 11.0. The smallest absolute Gasteiger partial charge is 0.305 e. The topological polar surface area (TPSA) is 143 Å². The van der Waals surface area contributed by atoms with E-state index in [1.807, 2.05) is 0 Å². The first-order valence-corrected chi connectivity index (χ1v) is 10.9. The zero-order chi connectivity index (χ0) is 21.3. The number of carbonyl (C=O) groups is 1. The molecule has 0 fully saturated rings. The Labute approximate surface area is 177 Å². The van der Waals surface area contributed by atoms with Crippen LogP contribution in [-0.4, -0.2) is 56.3 Å². The van der Waals surface area contributed by atoms with Crippen molar-refractivity contribution in [3.05, 3.63) is 34.9 Å². The Bertz CT molecular complexity index is 924. The standard InChI is InChI=1S/C17H22BrN5O5S/c1-28-15(25)3-2-8-19-16-14(18)11-20-17(23-16)22-12-4-6-13(7-5-12)29(26,27)21-9-10-24/h4-7,11,21,24H,2-3,8-10H2,1H3,(H2,19,20,22,23). The highest BCUT2D eigenvalue weighted by molar-refractivity contribution is 9.10. The van der Waals surface area contributed by atoms with Crippen molar-refractivity contribution in [3.8, 4) is 0 Å². The van der Waals surface area contributed by atoms with Gasteiger partial charge < -0.3 is 20.5 Å². The molecule has 29 heavy (non-hydrogen) atoms. The number of carbonyl (C=O) groups excluding carboxylic acids is 1. The molecule has 0 saturated heterocycles. The number of aliphatic hydroxyl groups is 1. The van der Waals surface area contributed by atoms with Gasteiger partial charge in [0.25, 0.3) is 0 Å². The van der Waals surface area contributed by atoms with E-state index in [1.165, 1.54) is 19.2 Å². The van der Waals surface area contributed by atoms with Gasteiger partial charge in [0.05, 0.1) is 23.1 Å². The first-order chi connectivity index (χ1) is 13.9. The van der Waals surface area contributed by atoms with E-state index in [0.717, 1.165) is 0 Å². The van der Waals surface area contributed by atoms with Crippen LogP contribution in [-0.2, 0) is 19.6 Å². The molecule has 0 aliphatic rings. The van der Waals surface area contributed by atoms with Crippen molar-refractivity contribution in [3.63, 3.8) is 0 Å². The van der Waals surface area contributed by atoms with Crippen molar-refractivity contribution >= 4 is 49.4 Å². The fourth-order valence-corrected chi connectivity index (χ4v) is 3.56. The highest BCUT2D eigenvalue weighted by atomic mass is 79.9. The Kier molecular flexibility index (Phi) is 8.76. The second-order valence-corrected chi connectivity index (χ2v) is 8.39. The third-order valence-electron chi connectivity index (χ3n) is 3.65. The first kappa shape index (κ1) is 23.0. The maximum Gasteiger partial charge on any atom is 0.305 e. The number of nitrogens with zero attached hydrogens (tertiary/aromatic N) is 2. The molecule has 1 aromatic heterocycles. The maximum absolute atomic E-state index is 12.0. The van der Waals surface area contributed by atoms with Crippen molar-refractivity contribution in [2.45, 2.75) is 17.7 Å². The van der Waals surface area contributed by atoms with Gasteiger partial charge in [-0.15, -0.1) is 0 Å². The molecule has 1 heterocycles. The molecular weight excluding hydrogens is 466 g/mol. The van der Waals surface area contributed by atoms with Crippen LogP contribution in [0.5, 0.6) is 0 Å².